The first-order chi connectivity index (χ1) is 25.9. The average molecular weight is 785 g/mol. The molecule has 2 amide bonds. The highest BCUT2D eigenvalue weighted by Crippen LogP contribution is 2.33. The molecule has 2 aliphatic heterocycles. The number of rotatable bonds is 16. The van der Waals surface area contributed by atoms with Crippen LogP contribution >= 0.6 is 0 Å². The lowest BCUT2D eigenvalue weighted by molar-refractivity contribution is 0.0620. The number of fused-ring (bicyclic) bond motifs is 2. The molecule has 5 N–H and O–H groups in total. The highest BCUT2D eigenvalue weighted by atomic mass is 32.2. The summed E-state index contributed by atoms with van der Waals surface area (Å²) < 4.78 is 69.9. The molecule has 1 unspecified atom stereocenters. The van der Waals surface area contributed by atoms with Crippen LogP contribution in [0.4, 0.5) is 11.4 Å². The SMILES string of the molecule is CCCCS(=O)(=O)Nc1ccc2[nH]c(C(=O)NC3CCOCC3)c(Cn3c(C(=O)NC4CCCOC4)c(C)c4cc(NS(=O)(=O)CCCC)ccc43)c2c1. The van der Waals surface area contributed by atoms with Crippen LogP contribution < -0.4 is 20.1 Å². The number of ether oxygens (including phenoxy) is 2. The first kappa shape index (κ1) is 39.6. The lowest BCUT2D eigenvalue weighted by Crippen LogP contribution is -2.41. The van der Waals surface area contributed by atoms with Crippen LogP contribution in [0.1, 0.15) is 97.3 Å². The molecule has 2 saturated heterocycles. The molecule has 1 atom stereocenters. The summed E-state index contributed by atoms with van der Waals surface area (Å²) in [6, 6.07) is 10.1. The Balaban J connectivity index is 1.47. The Labute approximate surface area is 317 Å². The van der Waals surface area contributed by atoms with Gasteiger partial charge in [0.05, 0.1) is 30.7 Å². The van der Waals surface area contributed by atoms with Gasteiger partial charge in [0.1, 0.15) is 11.4 Å². The fraction of sp³-hybridized carbons (Fsp3) is 0.526. The van der Waals surface area contributed by atoms with E-state index in [1.807, 2.05) is 25.3 Å². The number of aryl methyl sites for hydroxylation is 1. The van der Waals surface area contributed by atoms with Crippen molar-refractivity contribution in [1.82, 2.24) is 20.2 Å². The lowest BCUT2D eigenvalue weighted by Gasteiger charge is -2.24. The van der Waals surface area contributed by atoms with E-state index in [1.165, 1.54) is 0 Å². The molecule has 2 aliphatic rings. The van der Waals surface area contributed by atoms with E-state index in [9.17, 15) is 26.4 Å². The third-order valence-corrected chi connectivity index (χ3v) is 12.9. The predicted octanol–water partition coefficient (Wildman–Crippen LogP) is 5.38. The first-order valence-electron chi connectivity index (χ1n) is 18.9. The van der Waals surface area contributed by atoms with Gasteiger partial charge in [-0.3, -0.25) is 19.0 Å². The van der Waals surface area contributed by atoms with Crippen LogP contribution in [0.2, 0.25) is 0 Å². The molecule has 4 heterocycles. The van der Waals surface area contributed by atoms with Crippen LogP contribution in [0.25, 0.3) is 21.8 Å². The minimum atomic E-state index is -3.61. The Morgan fingerprint density at radius 1 is 0.796 bits per heavy atom. The van der Waals surface area contributed by atoms with Gasteiger partial charge < -0.3 is 29.7 Å². The maximum absolute atomic E-state index is 14.3. The summed E-state index contributed by atoms with van der Waals surface area (Å²) in [5.41, 5.74) is 3.91. The molecule has 0 saturated carbocycles. The van der Waals surface area contributed by atoms with Crippen molar-refractivity contribution in [3.05, 3.63) is 58.9 Å². The Kier molecular flexibility index (Phi) is 12.6. The van der Waals surface area contributed by atoms with Crippen molar-refractivity contribution in [2.24, 2.45) is 0 Å². The minimum absolute atomic E-state index is 0.00528. The van der Waals surface area contributed by atoms with Gasteiger partial charge >= 0.3 is 0 Å². The minimum Gasteiger partial charge on any atom is -0.381 e. The van der Waals surface area contributed by atoms with Crippen molar-refractivity contribution in [2.75, 3.05) is 47.4 Å². The lowest BCUT2D eigenvalue weighted by atomic mass is 10.1. The maximum Gasteiger partial charge on any atom is 0.268 e. The first-order valence-corrected chi connectivity index (χ1v) is 22.2. The normalized spacial score (nSPS) is 17.1. The van der Waals surface area contributed by atoms with Gasteiger partial charge in [0.15, 0.2) is 0 Å². The molecule has 2 aromatic carbocycles. The fourth-order valence-corrected chi connectivity index (χ4v) is 9.72. The summed E-state index contributed by atoms with van der Waals surface area (Å²) in [4.78, 5) is 31.6. The van der Waals surface area contributed by atoms with Crippen LogP contribution in [0.5, 0.6) is 0 Å². The number of aromatic nitrogens is 2. The summed E-state index contributed by atoms with van der Waals surface area (Å²) in [5.74, 6) is -0.660. The molecule has 16 heteroatoms. The summed E-state index contributed by atoms with van der Waals surface area (Å²) >= 11 is 0. The van der Waals surface area contributed by atoms with Crippen molar-refractivity contribution in [2.45, 2.75) is 90.8 Å². The highest BCUT2D eigenvalue weighted by molar-refractivity contribution is 7.92. The molecule has 294 valence electrons. The molecule has 2 fully saturated rings. The van der Waals surface area contributed by atoms with E-state index >= 15 is 0 Å². The van der Waals surface area contributed by atoms with Crippen LogP contribution in [-0.2, 0) is 36.1 Å². The summed E-state index contributed by atoms with van der Waals surface area (Å²) in [6.45, 7) is 7.88. The van der Waals surface area contributed by atoms with Gasteiger partial charge in [-0.15, -0.1) is 0 Å². The predicted molar refractivity (Wildman–Crippen MR) is 211 cm³/mol. The average Bonchev–Trinajstić information content (AvgIpc) is 3.64. The molecular formula is C38H52N6O8S2. The van der Waals surface area contributed by atoms with Crippen molar-refractivity contribution < 1.29 is 35.9 Å². The number of H-pyrrole nitrogens is 1. The quantitative estimate of drug-likeness (QED) is 0.100. The molecule has 14 nitrogen and oxygen atoms in total. The topological polar surface area (TPSA) is 190 Å². The zero-order chi connectivity index (χ0) is 38.5. The van der Waals surface area contributed by atoms with Crippen LogP contribution in [0.3, 0.4) is 0 Å². The number of unbranched alkanes of at least 4 members (excludes halogenated alkanes) is 2. The molecule has 2 aromatic heterocycles. The second-order valence-electron chi connectivity index (χ2n) is 14.3. The standard InChI is InChI=1S/C38H52N6O8S2/c1-4-6-19-53(47,48)42-27-10-12-33-31(22-27)32(35(41-33)37(45)39-26-14-17-51-18-15-26)23-44-34-13-11-28(43-54(49,50)20-7-5-2)21-30(34)25(3)36(44)38(46)40-29-9-8-16-52-24-29/h10-13,21-22,26,29,41-43H,4-9,14-20,23-24H2,1-3H3,(H,39,45)(H,40,46). The number of amides is 2. The number of carbonyl (C=O) groups is 2. The molecular weight excluding hydrogens is 733 g/mol. The van der Waals surface area contributed by atoms with Gasteiger partial charge in [-0.25, -0.2) is 16.8 Å². The Morgan fingerprint density at radius 3 is 2.06 bits per heavy atom. The van der Waals surface area contributed by atoms with Crippen LogP contribution in [-0.4, -0.2) is 88.2 Å². The number of sulfonamides is 2. The van der Waals surface area contributed by atoms with Crippen molar-refractivity contribution in [1.29, 1.82) is 0 Å². The molecule has 0 spiro atoms. The van der Waals surface area contributed by atoms with Gasteiger partial charge in [0.25, 0.3) is 11.8 Å². The smallest absolute Gasteiger partial charge is 0.268 e. The maximum atomic E-state index is 14.3. The number of nitrogens with zero attached hydrogens (tertiary/aromatic N) is 1. The van der Waals surface area contributed by atoms with E-state index in [0.717, 1.165) is 25.7 Å². The fourth-order valence-electron chi connectivity index (χ4n) is 7.21. The zero-order valence-electron chi connectivity index (χ0n) is 31.3. The Bertz CT molecular complexity index is 2200. The summed E-state index contributed by atoms with van der Waals surface area (Å²) in [6.07, 6.45) is 5.44. The Hall–Kier alpha value is -4.12. The number of aromatic amines is 1. The van der Waals surface area contributed by atoms with E-state index in [2.05, 4.69) is 25.1 Å². The number of hydrogen-bond acceptors (Lipinski definition) is 8. The number of hydrogen-bond donors (Lipinski definition) is 5. The Morgan fingerprint density at radius 2 is 1.43 bits per heavy atom. The summed E-state index contributed by atoms with van der Waals surface area (Å²) in [5, 5.41) is 7.58. The van der Waals surface area contributed by atoms with E-state index in [1.54, 1.807) is 36.4 Å². The van der Waals surface area contributed by atoms with E-state index in [0.29, 0.717) is 108 Å². The van der Waals surface area contributed by atoms with Gasteiger partial charge in [0, 0.05) is 64.6 Å². The monoisotopic (exact) mass is 784 g/mol. The second-order valence-corrected chi connectivity index (χ2v) is 18.0. The van der Waals surface area contributed by atoms with E-state index < -0.39 is 20.0 Å². The molecule has 54 heavy (non-hydrogen) atoms. The van der Waals surface area contributed by atoms with Crippen LogP contribution in [0.15, 0.2) is 36.4 Å². The second kappa shape index (κ2) is 17.1. The van der Waals surface area contributed by atoms with Gasteiger partial charge in [-0.1, -0.05) is 26.7 Å². The largest absolute Gasteiger partial charge is 0.381 e. The molecule has 6 rings (SSSR count). The van der Waals surface area contributed by atoms with Gasteiger partial charge in [0.2, 0.25) is 20.0 Å². The van der Waals surface area contributed by atoms with Gasteiger partial charge in [-0.2, -0.15) is 0 Å². The number of carbonyl (C=O) groups excluding carboxylic acids is 2. The third-order valence-electron chi connectivity index (χ3n) is 10.1. The van der Waals surface area contributed by atoms with Crippen molar-refractivity contribution in [3.8, 4) is 0 Å². The summed E-state index contributed by atoms with van der Waals surface area (Å²) in [7, 11) is -7.20. The number of nitrogens with one attached hydrogen (secondary N) is 5. The number of anilines is 2. The number of benzene rings is 2. The third kappa shape index (κ3) is 9.39. The highest BCUT2D eigenvalue weighted by Gasteiger charge is 2.28. The van der Waals surface area contributed by atoms with Crippen molar-refractivity contribution >= 4 is 65.0 Å². The van der Waals surface area contributed by atoms with Crippen molar-refractivity contribution in [3.63, 3.8) is 0 Å². The molecule has 0 aliphatic carbocycles. The van der Waals surface area contributed by atoms with Gasteiger partial charge in [-0.05, 0) is 87.4 Å². The van der Waals surface area contributed by atoms with E-state index in [4.69, 9.17) is 9.47 Å². The van der Waals surface area contributed by atoms with Crippen LogP contribution in [0, 0.1) is 6.92 Å². The molecule has 0 bridgehead atoms. The zero-order valence-corrected chi connectivity index (χ0v) is 32.9. The molecule has 0 radical (unpaired) electrons. The molecule has 4 aromatic rings. The van der Waals surface area contributed by atoms with E-state index in [-0.39, 0.29) is 41.9 Å².